The van der Waals surface area contributed by atoms with Crippen LogP contribution >= 0.6 is 27.5 Å². The standard InChI is InChI=1S/C16H17BrClNO2/c1-20-15-8-12(13(18)9-16(15)21-2)14(19)7-10-4-3-5-11(17)6-10/h3-6,8-9,14H,7,19H2,1-2H3. The van der Waals surface area contributed by atoms with Gasteiger partial charge >= 0.3 is 0 Å². The Balaban J connectivity index is 2.28. The largest absolute Gasteiger partial charge is 0.493 e. The van der Waals surface area contributed by atoms with E-state index in [2.05, 4.69) is 22.0 Å². The fraction of sp³-hybridized carbons (Fsp3) is 0.250. The minimum Gasteiger partial charge on any atom is -0.493 e. The van der Waals surface area contributed by atoms with E-state index in [0.717, 1.165) is 15.6 Å². The number of ether oxygens (including phenoxy) is 2. The molecule has 0 spiro atoms. The van der Waals surface area contributed by atoms with Gasteiger partial charge in [-0.05, 0) is 35.7 Å². The average Bonchev–Trinajstić information content (AvgIpc) is 2.46. The highest BCUT2D eigenvalue weighted by atomic mass is 79.9. The lowest BCUT2D eigenvalue weighted by molar-refractivity contribution is 0.354. The molecule has 0 bridgehead atoms. The molecule has 1 atom stereocenters. The van der Waals surface area contributed by atoms with E-state index in [4.69, 9.17) is 26.8 Å². The summed E-state index contributed by atoms with van der Waals surface area (Å²) < 4.78 is 11.6. The van der Waals surface area contributed by atoms with Crippen LogP contribution < -0.4 is 15.2 Å². The minimum atomic E-state index is -0.216. The smallest absolute Gasteiger partial charge is 0.162 e. The molecule has 0 aliphatic rings. The molecule has 0 aromatic heterocycles. The van der Waals surface area contributed by atoms with Gasteiger partial charge in [-0.25, -0.2) is 0 Å². The van der Waals surface area contributed by atoms with Crippen molar-refractivity contribution in [2.45, 2.75) is 12.5 Å². The van der Waals surface area contributed by atoms with Crippen LogP contribution in [0, 0.1) is 0 Å². The van der Waals surface area contributed by atoms with Crippen LogP contribution in [0.4, 0.5) is 0 Å². The zero-order valence-corrected chi connectivity index (χ0v) is 14.2. The predicted molar refractivity (Wildman–Crippen MR) is 89.3 cm³/mol. The Hall–Kier alpha value is -1.23. The van der Waals surface area contributed by atoms with Crippen molar-refractivity contribution in [3.63, 3.8) is 0 Å². The molecule has 21 heavy (non-hydrogen) atoms. The molecule has 2 aromatic carbocycles. The second-order valence-corrected chi connectivity index (χ2v) is 5.99. The first kappa shape index (κ1) is 16.1. The number of nitrogens with two attached hydrogens (primary N) is 1. The number of methoxy groups -OCH3 is 2. The fourth-order valence-corrected chi connectivity index (χ4v) is 2.92. The van der Waals surface area contributed by atoms with E-state index in [-0.39, 0.29) is 6.04 Å². The quantitative estimate of drug-likeness (QED) is 0.850. The number of halogens is 2. The number of rotatable bonds is 5. The van der Waals surface area contributed by atoms with E-state index in [1.165, 1.54) is 0 Å². The molecule has 5 heteroatoms. The summed E-state index contributed by atoms with van der Waals surface area (Å²) in [4.78, 5) is 0. The second-order valence-electron chi connectivity index (χ2n) is 4.67. The van der Waals surface area contributed by atoms with Crippen molar-refractivity contribution in [1.82, 2.24) is 0 Å². The highest BCUT2D eigenvalue weighted by Crippen LogP contribution is 2.36. The number of benzene rings is 2. The van der Waals surface area contributed by atoms with Crippen LogP contribution in [0.1, 0.15) is 17.2 Å². The molecule has 0 aliphatic heterocycles. The molecule has 0 saturated heterocycles. The maximum Gasteiger partial charge on any atom is 0.162 e. The van der Waals surface area contributed by atoms with Crippen molar-refractivity contribution in [1.29, 1.82) is 0 Å². The lowest BCUT2D eigenvalue weighted by atomic mass is 9.99. The summed E-state index contributed by atoms with van der Waals surface area (Å²) in [6.07, 6.45) is 0.689. The third kappa shape index (κ3) is 3.90. The van der Waals surface area contributed by atoms with Crippen molar-refractivity contribution in [3.05, 3.63) is 57.0 Å². The van der Waals surface area contributed by atoms with E-state index in [0.29, 0.717) is 22.9 Å². The Morgan fingerprint density at radius 1 is 1.14 bits per heavy atom. The molecule has 3 nitrogen and oxygen atoms in total. The fourth-order valence-electron chi connectivity index (χ4n) is 2.18. The van der Waals surface area contributed by atoms with Gasteiger partial charge in [0.25, 0.3) is 0 Å². The van der Waals surface area contributed by atoms with Crippen LogP contribution in [-0.2, 0) is 6.42 Å². The van der Waals surface area contributed by atoms with Gasteiger partial charge in [-0.15, -0.1) is 0 Å². The van der Waals surface area contributed by atoms with E-state index < -0.39 is 0 Å². The summed E-state index contributed by atoms with van der Waals surface area (Å²) in [7, 11) is 3.17. The Morgan fingerprint density at radius 3 is 2.43 bits per heavy atom. The molecule has 0 radical (unpaired) electrons. The lowest BCUT2D eigenvalue weighted by Gasteiger charge is -2.17. The zero-order valence-electron chi connectivity index (χ0n) is 11.9. The van der Waals surface area contributed by atoms with Gasteiger partial charge in [-0.2, -0.15) is 0 Å². The van der Waals surface area contributed by atoms with Crippen molar-refractivity contribution in [2.75, 3.05) is 14.2 Å². The molecule has 2 aromatic rings. The Morgan fingerprint density at radius 2 is 1.81 bits per heavy atom. The van der Waals surface area contributed by atoms with E-state index in [9.17, 15) is 0 Å². The molecule has 0 saturated carbocycles. The molecule has 0 heterocycles. The topological polar surface area (TPSA) is 44.5 Å². The zero-order chi connectivity index (χ0) is 15.4. The SMILES string of the molecule is COc1cc(Cl)c(C(N)Cc2cccc(Br)c2)cc1OC. The van der Waals surface area contributed by atoms with Gasteiger partial charge in [0, 0.05) is 21.6 Å². The Labute approximate surface area is 138 Å². The van der Waals surface area contributed by atoms with Gasteiger partial charge in [0.1, 0.15) is 0 Å². The highest BCUT2D eigenvalue weighted by Gasteiger charge is 2.16. The van der Waals surface area contributed by atoms with Crippen molar-refractivity contribution in [2.24, 2.45) is 5.73 Å². The molecule has 1 unspecified atom stereocenters. The summed E-state index contributed by atoms with van der Waals surface area (Å²) in [5.74, 6) is 1.22. The first-order valence-electron chi connectivity index (χ1n) is 6.46. The normalized spacial score (nSPS) is 12.0. The minimum absolute atomic E-state index is 0.216. The van der Waals surface area contributed by atoms with Crippen LogP contribution in [0.15, 0.2) is 40.9 Å². The van der Waals surface area contributed by atoms with Gasteiger partial charge in [-0.3, -0.25) is 0 Å². The third-order valence-electron chi connectivity index (χ3n) is 3.25. The van der Waals surface area contributed by atoms with Gasteiger partial charge < -0.3 is 15.2 Å². The van der Waals surface area contributed by atoms with Gasteiger partial charge in [0.05, 0.1) is 14.2 Å². The lowest BCUT2D eigenvalue weighted by Crippen LogP contribution is -2.14. The first-order valence-corrected chi connectivity index (χ1v) is 7.63. The molecular formula is C16H17BrClNO2. The summed E-state index contributed by atoms with van der Waals surface area (Å²) in [5.41, 5.74) is 8.28. The molecular weight excluding hydrogens is 354 g/mol. The van der Waals surface area contributed by atoms with Gasteiger partial charge in [0.15, 0.2) is 11.5 Å². The maximum atomic E-state index is 6.30. The Bertz CT molecular complexity index is 634. The first-order chi connectivity index (χ1) is 10.0. The van der Waals surface area contributed by atoms with E-state index in [1.54, 1.807) is 20.3 Å². The van der Waals surface area contributed by atoms with Crippen LogP contribution in [-0.4, -0.2) is 14.2 Å². The average molecular weight is 371 g/mol. The maximum absolute atomic E-state index is 6.30. The molecule has 2 rings (SSSR count). The van der Waals surface area contributed by atoms with Crippen molar-refractivity contribution in [3.8, 4) is 11.5 Å². The monoisotopic (exact) mass is 369 g/mol. The van der Waals surface area contributed by atoms with Gasteiger partial charge in [-0.1, -0.05) is 39.7 Å². The van der Waals surface area contributed by atoms with Crippen LogP contribution in [0.2, 0.25) is 5.02 Å². The van der Waals surface area contributed by atoms with Gasteiger partial charge in [0.2, 0.25) is 0 Å². The van der Waals surface area contributed by atoms with E-state index in [1.807, 2.05) is 24.3 Å². The van der Waals surface area contributed by atoms with E-state index >= 15 is 0 Å². The molecule has 0 aliphatic carbocycles. The number of hydrogen-bond donors (Lipinski definition) is 1. The van der Waals surface area contributed by atoms with Crippen molar-refractivity contribution < 1.29 is 9.47 Å². The molecule has 2 N–H and O–H groups in total. The second kappa shape index (κ2) is 7.16. The van der Waals surface area contributed by atoms with Crippen LogP contribution in [0.3, 0.4) is 0 Å². The summed E-state index contributed by atoms with van der Waals surface area (Å²) in [6, 6.07) is 11.4. The number of hydrogen-bond acceptors (Lipinski definition) is 3. The van der Waals surface area contributed by atoms with Crippen LogP contribution in [0.25, 0.3) is 0 Å². The summed E-state index contributed by atoms with van der Waals surface area (Å²) in [6.45, 7) is 0. The van der Waals surface area contributed by atoms with Crippen molar-refractivity contribution >= 4 is 27.5 Å². The summed E-state index contributed by atoms with van der Waals surface area (Å²) >= 11 is 9.77. The predicted octanol–water partition coefficient (Wildman–Crippen LogP) is 4.36. The third-order valence-corrected chi connectivity index (χ3v) is 4.07. The summed E-state index contributed by atoms with van der Waals surface area (Å²) in [5, 5.41) is 0.579. The Kier molecular flexibility index (Phi) is 5.51. The molecule has 0 fully saturated rings. The highest BCUT2D eigenvalue weighted by molar-refractivity contribution is 9.10. The molecule has 0 amide bonds. The van der Waals surface area contributed by atoms with Crippen LogP contribution in [0.5, 0.6) is 11.5 Å². The molecule has 112 valence electrons.